The van der Waals surface area contributed by atoms with Crippen molar-refractivity contribution in [2.45, 2.75) is 37.8 Å². The lowest BCUT2D eigenvalue weighted by molar-refractivity contribution is -0.249. The Hall–Kier alpha value is -4.54. The van der Waals surface area contributed by atoms with E-state index in [0.717, 1.165) is 0 Å². The number of nitrogens with zero attached hydrogens (tertiary/aromatic N) is 6. The standard InChI is InChI=1S/C24H26F4N8O5/c1-11(34-41-4)13-6-17(36-18(13)19(29)31-10-32-36)12-5-14(21(40-3)30-7-12)20(37)33-16-9-35(8-15(16)25)22(38)23(2,39)24(26,27)28/h5-7,10,15-16,39H,8-9H2,1-4H3,(H,33,37)(H2,29,31,32)/b34-11-/t15-,16+,23+/m0/s1. The lowest BCUT2D eigenvalue weighted by Crippen LogP contribution is -2.56. The highest BCUT2D eigenvalue weighted by Crippen LogP contribution is 2.33. The molecule has 0 radical (unpaired) electrons. The van der Waals surface area contributed by atoms with Crippen LogP contribution in [-0.2, 0) is 9.63 Å². The van der Waals surface area contributed by atoms with Gasteiger partial charge in [-0.3, -0.25) is 9.59 Å². The maximum Gasteiger partial charge on any atom is 0.426 e. The minimum Gasteiger partial charge on any atom is -0.480 e. The van der Waals surface area contributed by atoms with Crippen LogP contribution in [-0.4, -0.2) is 98.4 Å². The lowest BCUT2D eigenvalue weighted by Gasteiger charge is -2.29. The molecule has 0 saturated carbocycles. The van der Waals surface area contributed by atoms with Crippen LogP contribution in [0.1, 0.15) is 29.8 Å². The summed E-state index contributed by atoms with van der Waals surface area (Å²) in [7, 11) is 2.64. The number of methoxy groups -OCH3 is 1. The van der Waals surface area contributed by atoms with Crippen LogP contribution in [0.4, 0.5) is 23.4 Å². The third kappa shape index (κ3) is 5.31. The van der Waals surface area contributed by atoms with Crippen LogP contribution in [0, 0.1) is 0 Å². The van der Waals surface area contributed by atoms with Crippen LogP contribution in [0.15, 0.2) is 29.8 Å². The van der Waals surface area contributed by atoms with E-state index in [2.05, 4.69) is 25.5 Å². The molecule has 13 nitrogen and oxygen atoms in total. The first kappa shape index (κ1) is 29.4. The Bertz CT molecular complexity index is 1520. The smallest absolute Gasteiger partial charge is 0.426 e. The Morgan fingerprint density at radius 2 is 1.90 bits per heavy atom. The number of anilines is 1. The van der Waals surface area contributed by atoms with Crippen LogP contribution in [0.5, 0.6) is 5.88 Å². The number of likely N-dealkylation sites (tertiary alicyclic amines) is 1. The number of halogens is 4. The minimum absolute atomic E-state index is 0.125. The number of aliphatic hydroxyl groups is 1. The van der Waals surface area contributed by atoms with Gasteiger partial charge < -0.3 is 30.6 Å². The zero-order valence-corrected chi connectivity index (χ0v) is 22.2. The Kier molecular flexibility index (Phi) is 7.75. The number of nitrogens with two attached hydrogens (primary N) is 1. The van der Waals surface area contributed by atoms with Crippen molar-refractivity contribution in [3.63, 3.8) is 0 Å². The maximum atomic E-state index is 14.8. The van der Waals surface area contributed by atoms with Gasteiger partial charge in [0.15, 0.2) is 5.82 Å². The van der Waals surface area contributed by atoms with E-state index in [4.69, 9.17) is 15.3 Å². The molecule has 4 N–H and O–H groups in total. The first-order chi connectivity index (χ1) is 19.2. The van der Waals surface area contributed by atoms with E-state index < -0.39 is 48.9 Å². The molecule has 2 amide bonds. The molecular formula is C24H26F4N8O5. The molecule has 0 aliphatic carbocycles. The second-order valence-corrected chi connectivity index (χ2v) is 9.37. The quantitative estimate of drug-likeness (QED) is 0.211. The number of hydrogen-bond donors (Lipinski definition) is 3. The third-order valence-electron chi connectivity index (χ3n) is 6.61. The fourth-order valence-corrected chi connectivity index (χ4v) is 4.39. The van der Waals surface area contributed by atoms with Crippen molar-refractivity contribution in [3.8, 4) is 17.1 Å². The van der Waals surface area contributed by atoms with Crippen LogP contribution < -0.4 is 15.8 Å². The number of alkyl halides is 4. The van der Waals surface area contributed by atoms with Crippen molar-refractivity contribution in [2.75, 3.05) is 33.0 Å². The molecule has 0 bridgehead atoms. The molecule has 0 unspecified atom stereocenters. The molecule has 41 heavy (non-hydrogen) atoms. The molecule has 1 aliphatic rings. The number of nitrogen functional groups attached to an aromatic ring is 1. The van der Waals surface area contributed by atoms with E-state index >= 15 is 0 Å². The summed E-state index contributed by atoms with van der Waals surface area (Å²) in [5.41, 5.74) is 4.42. The maximum absolute atomic E-state index is 14.8. The predicted octanol–water partition coefficient (Wildman–Crippen LogP) is 1.34. The van der Waals surface area contributed by atoms with E-state index in [9.17, 15) is 32.3 Å². The van der Waals surface area contributed by atoms with Crippen LogP contribution in [0.25, 0.3) is 16.8 Å². The number of carbonyl (C=O) groups excluding carboxylic acids is 2. The van der Waals surface area contributed by atoms with Gasteiger partial charge in [0.25, 0.3) is 11.8 Å². The van der Waals surface area contributed by atoms with Crippen LogP contribution in [0.2, 0.25) is 0 Å². The Morgan fingerprint density at radius 3 is 2.54 bits per heavy atom. The van der Waals surface area contributed by atoms with Crippen molar-refractivity contribution in [2.24, 2.45) is 5.16 Å². The van der Waals surface area contributed by atoms with Gasteiger partial charge in [-0.2, -0.15) is 18.3 Å². The number of fused-ring (bicyclic) bond motifs is 1. The first-order valence-electron chi connectivity index (χ1n) is 12.0. The molecule has 3 aromatic heterocycles. The molecule has 17 heteroatoms. The Balaban J connectivity index is 1.66. The number of rotatable bonds is 7. The van der Waals surface area contributed by atoms with Gasteiger partial charge in [0, 0.05) is 23.9 Å². The third-order valence-corrected chi connectivity index (χ3v) is 6.61. The molecular weight excluding hydrogens is 556 g/mol. The molecule has 0 aromatic carbocycles. The van der Waals surface area contributed by atoms with Crippen molar-refractivity contribution < 1.29 is 41.8 Å². The number of pyridine rings is 1. The number of ether oxygens (including phenoxy) is 1. The largest absolute Gasteiger partial charge is 0.480 e. The van der Waals surface area contributed by atoms with Gasteiger partial charge in [-0.25, -0.2) is 18.9 Å². The molecule has 4 heterocycles. The molecule has 1 saturated heterocycles. The zero-order chi connectivity index (χ0) is 30.3. The van der Waals surface area contributed by atoms with E-state index in [1.165, 1.54) is 37.3 Å². The zero-order valence-electron chi connectivity index (χ0n) is 22.2. The van der Waals surface area contributed by atoms with Gasteiger partial charge in [-0.1, -0.05) is 5.16 Å². The average molecular weight is 583 g/mol. The molecule has 1 aliphatic heterocycles. The second kappa shape index (κ2) is 10.8. The van der Waals surface area contributed by atoms with E-state index in [-0.39, 0.29) is 24.2 Å². The number of carbonyl (C=O) groups is 2. The van der Waals surface area contributed by atoms with E-state index in [1.807, 2.05) is 0 Å². The second-order valence-electron chi connectivity index (χ2n) is 9.37. The van der Waals surface area contributed by atoms with Crippen molar-refractivity contribution >= 4 is 28.9 Å². The highest BCUT2D eigenvalue weighted by Gasteiger charge is 2.58. The fourth-order valence-electron chi connectivity index (χ4n) is 4.39. The predicted molar refractivity (Wildman–Crippen MR) is 136 cm³/mol. The summed E-state index contributed by atoms with van der Waals surface area (Å²) in [5.74, 6) is -2.58. The summed E-state index contributed by atoms with van der Waals surface area (Å²) in [6, 6.07) is 1.70. The SMILES string of the molecule is CO/N=C(/C)c1cc(-c2cnc(OC)c(C(=O)N[C@@H]3CN(C(=O)[C@@](C)(O)C(F)(F)F)C[C@@H]3F)c2)n2ncnc(N)c12. The summed E-state index contributed by atoms with van der Waals surface area (Å²) in [6.07, 6.45) is -4.56. The van der Waals surface area contributed by atoms with Crippen LogP contribution in [0.3, 0.4) is 0 Å². The molecule has 0 spiro atoms. The monoisotopic (exact) mass is 582 g/mol. The number of hydrogen-bond acceptors (Lipinski definition) is 10. The van der Waals surface area contributed by atoms with E-state index in [0.29, 0.717) is 32.9 Å². The van der Waals surface area contributed by atoms with Crippen molar-refractivity contribution in [3.05, 3.63) is 35.8 Å². The van der Waals surface area contributed by atoms with Gasteiger partial charge in [-0.15, -0.1) is 0 Å². The highest BCUT2D eigenvalue weighted by molar-refractivity contribution is 6.08. The lowest BCUT2D eigenvalue weighted by atomic mass is 10.1. The van der Waals surface area contributed by atoms with Gasteiger partial charge in [-0.05, 0) is 26.0 Å². The molecule has 220 valence electrons. The Morgan fingerprint density at radius 1 is 1.20 bits per heavy atom. The molecule has 1 fully saturated rings. The summed E-state index contributed by atoms with van der Waals surface area (Å²) >= 11 is 0. The fraction of sp³-hybridized carbons (Fsp3) is 0.417. The van der Waals surface area contributed by atoms with Gasteiger partial charge >= 0.3 is 6.18 Å². The van der Waals surface area contributed by atoms with Gasteiger partial charge in [0.2, 0.25) is 11.5 Å². The molecule has 4 rings (SSSR count). The van der Waals surface area contributed by atoms with Gasteiger partial charge in [0.1, 0.15) is 30.7 Å². The molecule has 3 atom stereocenters. The highest BCUT2D eigenvalue weighted by atomic mass is 19.4. The number of oxime groups is 1. The summed E-state index contributed by atoms with van der Waals surface area (Å²) in [4.78, 5) is 39.1. The normalized spacial score (nSPS) is 19.2. The van der Waals surface area contributed by atoms with Crippen molar-refractivity contribution in [1.29, 1.82) is 0 Å². The summed E-state index contributed by atoms with van der Waals surface area (Å²) in [5, 5.41) is 20.2. The number of amides is 2. The summed E-state index contributed by atoms with van der Waals surface area (Å²) in [6.45, 7) is 0.605. The summed E-state index contributed by atoms with van der Waals surface area (Å²) < 4.78 is 60.8. The van der Waals surface area contributed by atoms with Crippen LogP contribution >= 0.6 is 0 Å². The van der Waals surface area contributed by atoms with Gasteiger partial charge in [0.05, 0.1) is 31.1 Å². The first-order valence-corrected chi connectivity index (χ1v) is 12.0. The molecule has 3 aromatic rings. The number of nitrogens with one attached hydrogen (secondary N) is 1. The van der Waals surface area contributed by atoms with E-state index in [1.54, 1.807) is 13.0 Å². The van der Waals surface area contributed by atoms with Crippen molar-refractivity contribution in [1.82, 2.24) is 29.8 Å². The average Bonchev–Trinajstić information content (AvgIpc) is 3.48. The number of aromatic nitrogens is 4. The topological polar surface area (TPSA) is 170 Å². The Labute approximate surface area is 229 Å². The minimum atomic E-state index is -5.27.